The van der Waals surface area contributed by atoms with Gasteiger partial charge in [0.15, 0.2) is 0 Å². The minimum atomic E-state index is 0.920. The second kappa shape index (κ2) is 7.29. The maximum Gasteiger partial charge on any atom is 0.00955 e. The van der Waals surface area contributed by atoms with Crippen molar-refractivity contribution < 1.29 is 0 Å². The quantitative estimate of drug-likeness (QED) is 0.678. The van der Waals surface area contributed by atoms with E-state index in [0.29, 0.717) is 0 Å². The van der Waals surface area contributed by atoms with Gasteiger partial charge in [0.25, 0.3) is 0 Å². The summed E-state index contributed by atoms with van der Waals surface area (Å²) < 4.78 is 0. The normalized spacial score (nSPS) is 31.2. The summed E-state index contributed by atoms with van der Waals surface area (Å²) in [5, 5.41) is 0. The number of hydrogen-bond acceptors (Lipinski definition) is 1. The molecule has 0 bridgehead atoms. The van der Waals surface area contributed by atoms with Crippen LogP contribution in [0.2, 0.25) is 0 Å². The van der Waals surface area contributed by atoms with Gasteiger partial charge in [-0.25, -0.2) is 0 Å². The summed E-state index contributed by atoms with van der Waals surface area (Å²) in [5.41, 5.74) is 0. The summed E-state index contributed by atoms with van der Waals surface area (Å²) in [6, 6.07) is 0.920. The molecule has 116 valence electrons. The van der Waals surface area contributed by atoms with E-state index < -0.39 is 0 Å². The van der Waals surface area contributed by atoms with E-state index >= 15 is 0 Å². The molecule has 20 heavy (non-hydrogen) atoms. The van der Waals surface area contributed by atoms with Crippen molar-refractivity contribution in [1.29, 1.82) is 0 Å². The Kier molecular flexibility index (Phi) is 5.42. The molecule has 0 spiro atoms. The van der Waals surface area contributed by atoms with Crippen LogP contribution in [-0.2, 0) is 0 Å². The summed E-state index contributed by atoms with van der Waals surface area (Å²) in [7, 11) is 2.37. The molecule has 3 aliphatic rings. The van der Waals surface area contributed by atoms with E-state index in [4.69, 9.17) is 0 Å². The van der Waals surface area contributed by atoms with Crippen LogP contribution in [0.1, 0.15) is 83.5 Å². The smallest absolute Gasteiger partial charge is 0.00955 e. The second-order valence-electron chi connectivity index (χ2n) is 7.97. The van der Waals surface area contributed by atoms with Gasteiger partial charge in [-0.3, -0.25) is 0 Å². The average molecular weight is 277 g/mol. The van der Waals surface area contributed by atoms with Crippen LogP contribution in [0, 0.1) is 17.8 Å². The summed E-state index contributed by atoms with van der Waals surface area (Å²) in [6.07, 6.45) is 19.8. The Morgan fingerprint density at radius 2 is 1.30 bits per heavy atom. The maximum absolute atomic E-state index is 2.67. The lowest BCUT2D eigenvalue weighted by Gasteiger charge is -2.40. The van der Waals surface area contributed by atoms with E-state index in [-0.39, 0.29) is 0 Å². The fourth-order valence-corrected chi connectivity index (χ4v) is 5.49. The Hall–Kier alpha value is -0.0400. The van der Waals surface area contributed by atoms with Crippen LogP contribution < -0.4 is 0 Å². The third kappa shape index (κ3) is 3.59. The molecule has 0 amide bonds. The van der Waals surface area contributed by atoms with Crippen LogP contribution in [0.5, 0.6) is 0 Å². The van der Waals surface area contributed by atoms with E-state index in [9.17, 15) is 0 Å². The largest absolute Gasteiger partial charge is 0.303 e. The lowest BCUT2D eigenvalue weighted by molar-refractivity contribution is 0.107. The van der Waals surface area contributed by atoms with Crippen LogP contribution in [-0.4, -0.2) is 24.5 Å². The van der Waals surface area contributed by atoms with Crippen LogP contribution in [0.25, 0.3) is 0 Å². The molecule has 1 atom stereocenters. The standard InChI is InChI=1S/C19H35N/c1-20-14-8-13-18(20)15-19(16-9-4-2-5-10-16)17-11-6-3-7-12-17/h16-19H,2-15H2,1H3. The Bertz CT molecular complexity index is 257. The van der Waals surface area contributed by atoms with Gasteiger partial charge in [0, 0.05) is 6.04 Å². The summed E-state index contributed by atoms with van der Waals surface area (Å²) in [6.45, 7) is 1.35. The molecule has 0 aromatic heterocycles. The van der Waals surface area contributed by atoms with Crippen molar-refractivity contribution in [2.75, 3.05) is 13.6 Å². The number of rotatable bonds is 4. The Morgan fingerprint density at radius 3 is 1.75 bits per heavy atom. The van der Waals surface area contributed by atoms with E-state index in [1.165, 1.54) is 64.3 Å². The Balaban J connectivity index is 1.64. The molecule has 0 aromatic rings. The highest BCUT2D eigenvalue weighted by Gasteiger charge is 2.34. The van der Waals surface area contributed by atoms with E-state index in [0.717, 1.165) is 23.8 Å². The van der Waals surface area contributed by atoms with Crippen molar-refractivity contribution >= 4 is 0 Å². The first kappa shape index (κ1) is 14.9. The number of likely N-dealkylation sites (tertiary alicyclic amines) is 1. The van der Waals surface area contributed by atoms with E-state index in [2.05, 4.69) is 11.9 Å². The highest BCUT2D eigenvalue weighted by molar-refractivity contribution is 4.87. The maximum atomic E-state index is 2.67. The van der Waals surface area contributed by atoms with Gasteiger partial charge in [-0.1, -0.05) is 64.2 Å². The molecule has 0 radical (unpaired) electrons. The predicted octanol–water partition coefficient (Wildman–Crippen LogP) is 5.25. The van der Waals surface area contributed by atoms with Gasteiger partial charge < -0.3 is 4.90 Å². The first-order valence-electron chi connectivity index (χ1n) is 9.55. The Labute approximate surface area is 126 Å². The third-order valence-corrected chi connectivity index (χ3v) is 6.73. The third-order valence-electron chi connectivity index (χ3n) is 6.73. The first-order valence-corrected chi connectivity index (χ1v) is 9.55. The molecule has 0 N–H and O–H groups in total. The zero-order valence-electron chi connectivity index (χ0n) is 13.7. The molecule has 3 fully saturated rings. The Morgan fingerprint density at radius 1 is 0.750 bits per heavy atom. The van der Waals surface area contributed by atoms with Crippen molar-refractivity contribution in [1.82, 2.24) is 4.90 Å². The molecule has 1 saturated heterocycles. The molecule has 3 rings (SSSR count). The molecular formula is C19H35N. The fraction of sp³-hybridized carbons (Fsp3) is 1.00. The monoisotopic (exact) mass is 277 g/mol. The lowest BCUT2D eigenvalue weighted by atomic mass is 9.67. The van der Waals surface area contributed by atoms with Gasteiger partial charge in [0.05, 0.1) is 0 Å². The van der Waals surface area contributed by atoms with Crippen LogP contribution in [0.4, 0.5) is 0 Å². The van der Waals surface area contributed by atoms with Crippen molar-refractivity contribution in [3.05, 3.63) is 0 Å². The van der Waals surface area contributed by atoms with Gasteiger partial charge in [0.2, 0.25) is 0 Å². The molecule has 2 aliphatic carbocycles. The topological polar surface area (TPSA) is 3.24 Å². The van der Waals surface area contributed by atoms with E-state index in [1.807, 2.05) is 0 Å². The number of hydrogen-bond donors (Lipinski definition) is 0. The van der Waals surface area contributed by atoms with Gasteiger partial charge in [-0.05, 0) is 50.6 Å². The minimum absolute atomic E-state index is 0.920. The van der Waals surface area contributed by atoms with Gasteiger partial charge in [0.1, 0.15) is 0 Å². The van der Waals surface area contributed by atoms with Gasteiger partial charge in [-0.15, -0.1) is 0 Å². The van der Waals surface area contributed by atoms with Crippen molar-refractivity contribution in [2.45, 2.75) is 89.5 Å². The number of nitrogens with zero attached hydrogens (tertiary/aromatic N) is 1. The highest BCUT2D eigenvalue weighted by atomic mass is 15.1. The highest BCUT2D eigenvalue weighted by Crippen LogP contribution is 2.43. The predicted molar refractivity (Wildman–Crippen MR) is 86.9 cm³/mol. The van der Waals surface area contributed by atoms with Crippen molar-refractivity contribution in [3.8, 4) is 0 Å². The molecular weight excluding hydrogens is 242 g/mol. The fourth-order valence-electron chi connectivity index (χ4n) is 5.49. The van der Waals surface area contributed by atoms with Gasteiger partial charge in [-0.2, -0.15) is 0 Å². The molecule has 0 aromatic carbocycles. The SMILES string of the molecule is CN1CCCC1CC(C1CCCCC1)C1CCCCC1. The molecule has 1 aliphatic heterocycles. The summed E-state index contributed by atoms with van der Waals surface area (Å²) in [4.78, 5) is 2.67. The molecule has 2 saturated carbocycles. The zero-order valence-corrected chi connectivity index (χ0v) is 13.7. The van der Waals surface area contributed by atoms with Crippen LogP contribution in [0.15, 0.2) is 0 Å². The average Bonchev–Trinajstić information content (AvgIpc) is 2.92. The van der Waals surface area contributed by atoms with Gasteiger partial charge >= 0.3 is 0 Å². The first-order chi connectivity index (χ1) is 9.84. The molecule has 1 heteroatoms. The summed E-state index contributed by atoms with van der Waals surface area (Å²) in [5.74, 6) is 3.24. The second-order valence-corrected chi connectivity index (χ2v) is 7.97. The molecule has 1 nitrogen and oxygen atoms in total. The van der Waals surface area contributed by atoms with Crippen LogP contribution in [0.3, 0.4) is 0 Å². The molecule has 1 heterocycles. The zero-order chi connectivity index (χ0) is 13.8. The van der Waals surface area contributed by atoms with Crippen molar-refractivity contribution in [3.63, 3.8) is 0 Å². The summed E-state index contributed by atoms with van der Waals surface area (Å²) >= 11 is 0. The molecule has 1 unspecified atom stereocenters. The van der Waals surface area contributed by atoms with Crippen LogP contribution >= 0.6 is 0 Å². The lowest BCUT2D eigenvalue weighted by Crippen LogP contribution is -2.34. The van der Waals surface area contributed by atoms with E-state index in [1.54, 1.807) is 25.7 Å². The minimum Gasteiger partial charge on any atom is -0.303 e. The van der Waals surface area contributed by atoms with Crippen molar-refractivity contribution in [2.24, 2.45) is 17.8 Å².